The molecular formula is C6H3Br2N2+. The first-order chi connectivity index (χ1) is 4.74. The van der Waals surface area contributed by atoms with Crippen molar-refractivity contribution >= 4 is 37.5 Å². The van der Waals surface area contributed by atoms with Crippen molar-refractivity contribution in [3.8, 4) is 0 Å². The Bertz CT molecular complexity index is 290. The van der Waals surface area contributed by atoms with Crippen molar-refractivity contribution in [1.29, 1.82) is 5.39 Å². The summed E-state index contributed by atoms with van der Waals surface area (Å²) in [5.41, 5.74) is 0.523. The average molecular weight is 263 g/mol. The molecule has 2 nitrogen and oxygen atoms in total. The van der Waals surface area contributed by atoms with Gasteiger partial charge in [0.25, 0.3) is 0 Å². The van der Waals surface area contributed by atoms with Gasteiger partial charge in [-0.05, 0) is 28.1 Å². The van der Waals surface area contributed by atoms with Crippen LogP contribution in [0.25, 0.3) is 4.98 Å². The minimum Gasteiger partial charge on any atom is -0.0505 e. The first kappa shape index (κ1) is 7.70. The summed E-state index contributed by atoms with van der Waals surface area (Å²) in [4.78, 5) is 3.05. The second-order valence-corrected chi connectivity index (χ2v) is 3.47. The van der Waals surface area contributed by atoms with Gasteiger partial charge < -0.3 is 0 Å². The molecule has 1 aromatic carbocycles. The lowest BCUT2D eigenvalue weighted by Gasteiger charge is -1.84. The van der Waals surface area contributed by atoms with Crippen molar-refractivity contribution in [3.05, 3.63) is 32.1 Å². The topological polar surface area (TPSA) is 28.1 Å². The summed E-state index contributed by atoms with van der Waals surface area (Å²) < 4.78 is 1.67. The zero-order valence-electron chi connectivity index (χ0n) is 4.88. The van der Waals surface area contributed by atoms with Gasteiger partial charge in [0.2, 0.25) is 5.39 Å². The third-order valence-electron chi connectivity index (χ3n) is 1.02. The molecule has 0 saturated carbocycles. The van der Waals surface area contributed by atoms with Gasteiger partial charge in [-0.2, -0.15) is 0 Å². The van der Waals surface area contributed by atoms with Crippen LogP contribution in [0.1, 0.15) is 0 Å². The second-order valence-electron chi connectivity index (χ2n) is 1.70. The normalized spacial score (nSPS) is 8.90. The third-order valence-corrected chi connectivity index (χ3v) is 2.18. The monoisotopic (exact) mass is 261 g/mol. The lowest BCUT2D eigenvalue weighted by Crippen LogP contribution is -1.65. The summed E-state index contributed by atoms with van der Waals surface area (Å²) in [6, 6.07) is 5.38. The quantitative estimate of drug-likeness (QED) is 0.656. The molecule has 0 aliphatic rings. The van der Waals surface area contributed by atoms with Gasteiger partial charge in [-0.25, -0.2) is 0 Å². The van der Waals surface area contributed by atoms with E-state index >= 15 is 0 Å². The number of benzene rings is 1. The second kappa shape index (κ2) is 3.13. The van der Waals surface area contributed by atoms with Gasteiger partial charge in [0.05, 0.1) is 0 Å². The highest BCUT2D eigenvalue weighted by molar-refractivity contribution is 9.11. The molecule has 0 heterocycles. The predicted octanol–water partition coefficient (Wildman–Crippen LogP) is 3.70. The van der Waals surface area contributed by atoms with E-state index in [0.29, 0.717) is 5.69 Å². The van der Waals surface area contributed by atoms with Crippen molar-refractivity contribution in [2.45, 2.75) is 0 Å². The van der Waals surface area contributed by atoms with Crippen molar-refractivity contribution in [3.63, 3.8) is 0 Å². The highest BCUT2D eigenvalue weighted by Crippen LogP contribution is 2.28. The summed E-state index contributed by atoms with van der Waals surface area (Å²) in [6.45, 7) is 0. The van der Waals surface area contributed by atoms with E-state index in [1.54, 1.807) is 12.1 Å². The van der Waals surface area contributed by atoms with E-state index in [-0.39, 0.29) is 0 Å². The maximum atomic E-state index is 8.42. The Hall–Kier alpha value is -0.400. The van der Waals surface area contributed by atoms with Crippen LogP contribution >= 0.6 is 31.9 Å². The van der Waals surface area contributed by atoms with E-state index in [1.807, 2.05) is 6.07 Å². The lowest BCUT2D eigenvalue weighted by atomic mass is 10.3. The Kier molecular flexibility index (Phi) is 2.41. The van der Waals surface area contributed by atoms with Gasteiger partial charge in [0, 0.05) is 10.5 Å². The molecule has 0 saturated heterocycles. The van der Waals surface area contributed by atoms with Crippen molar-refractivity contribution in [2.75, 3.05) is 0 Å². The number of hydrogen-bond acceptors (Lipinski definition) is 1. The van der Waals surface area contributed by atoms with Crippen LogP contribution in [0.4, 0.5) is 5.69 Å². The fraction of sp³-hybridized carbons (Fsp3) is 0. The van der Waals surface area contributed by atoms with Gasteiger partial charge in [0.1, 0.15) is 4.47 Å². The molecule has 0 bridgehead atoms. The first-order valence-electron chi connectivity index (χ1n) is 2.54. The Morgan fingerprint density at radius 3 is 2.50 bits per heavy atom. The molecule has 0 radical (unpaired) electrons. The zero-order chi connectivity index (χ0) is 7.56. The fourth-order valence-corrected chi connectivity index (χ4v) is 1.24. The molecule has 0 amide bonds. The van der Waals surface area contributed by atoms with Gasteiger partial charge >= 0.3 is 5.69 Å². The molecule has 0 unspecified atom stereocenters. The molecule has 0 aromatic heterocycles. The molecule has 4 heteroatoms. The summed E-state index contributed by atoms with van der Waals surface area (Å²) in [7, 11) is 0. The molecule has 0 aliphatic carbocycles. The number of nitrogens with zero attached hydrogens (tertiary/aromatic N) is 2. The van der Waals surface area contributed by atoms with E-state index in [9.17, 15) is 0 Å². The maximum absolute atomic E-state index is 8.42. The van der Waals surface area contributed by atoms with E-state index < -0.39 is 0 Å². The van der Waals surface area contributed by atoms with E-state index in [0.717, 1.165) is 8.95 Å². The molecule has 10 heavy (non-hydrogen) atoms. The number of hydrogen-bond donors (Lipinski definition) is 0. The van der Waals surface area contributed by atoms with Crippen molar-refractivity contribution < 1.29 is 0 Å². The SMILES string of the molecule is N#[N+]c1cc(Br)ccc1Br. The number of diazo groups is 1. The summed E-state index contributed by atoms with van der Waals surface area (Å²) >= 11 is 6.46. The van der Waals surface area contributed by atoms with Gasteiger partial charge in [-0.15, -0.1) is 0 Å². The smallest absolute Gasteiger partial charge is 0.0505 e. The zero-order valence-corrected chi connectivity index (χ0v) is 8.05. The molecule has 50 valence electrons. The molecule has 0 N–H and O–H groups in total. The summed E-state index contributed by atoms with van der Waals surface area (Å²) in [6.07, 6.45) is 0. The lowest BCUT2D eigenvalue weighted by molar-refractivity contribution is 1.45. The first-order valence-corrected chi connectivity index (χ1v) is 4.13. The predicted molar refractivity (Wildman–Crippen MR) is 46.6 cm³/mol. The van der Waals surface area contributed by atoms with Gasteiger partial charge in [0.15, 0.2) is 4.98 Å². The molecule has 0 fully saturated rings. The Labute approximate surface area is 75.1 Å². The molecular weight excluding hydrogens is 260 g/mol. The fourth-order valence-electron chi connectivity index (χ4n) is 0.562. The number of halogens is 2. The standard InChI is InChI=1S/C6H3Br2N2/c7-4-1-2-5(8)6(3-4)10-9/h1-3H/q+1. The Balaban J connectivity index is 3.25. The maximum Gasteiger partial charge on any atom is 0.400 e. The van der Waals surface area contributed by atoms with Crippen LogP contribution in [0, 0.1) is 5.39 Å². The van der Waals surface area contributed by atoms with E-state index in [1.165, 1.54) is 0 Å². The molecule has 1 rings (SSSR count). The summed E-state index contributed by atoms with van der Waals surface area (Å²) in [5, 5.41) is 8.42. The average Bonchev–Trinajstić information content (AvgIpc) is 1.94. The van der Waals surface area contributed by atoms with Crippen molar-refractivity contribution in [2.24, 2.45) is 0 Å². The van der Waals surface area contributed by atoms with E-state index in [2.05, 4.69) is 36.8 Å². The van der Waals surface area contributed by atoms with Crippen molar-refractivity contribution in [1.82, 2.24) is 0 Å². The Morgan fingerprint density at radius 1 is 1.30 bits per heavy atom. The minimum atomic E-state index is 0.523. The number of rotatable bonds is 0. The van der Waals surface area contributed by atoms with Crippen LogP contribution in [0.3, 0.4) is 0 Å². The van der Waals surface area contributed by atoms with Crippen LogP contribution in [-0.2, 0) is 0 Å². The van der Waals surface area contributed by atoms with Gasteiger partial charge in [-0.3, -0.25) is 0 Å². The van der Waals surface area contributed by atoms with Crippen LogP contribution in [0.15, 0.2) is 27.1 Å². The highest BCUT2D eigenvalue weighted by Gasteiger charge is 2.09. The van der Waals surface area contributed by atoms with Crippen LogP contribution in [-0.4, -0.2) is 0 Å². The highest BCUT2D eigenvalue weighted by atomic mass is 79.9. The summed E-state index contributed by atoms with van der Waals surface area (Å²) in [5.74, 6) is 0. The minimum absolute atomic E-state index is 0.523. The van der Waals surface area contributed by atoms with Crippen LogP contribution in [0.5, 0.6) is 0 Å². The largest absolute Gasteiger partial charge is 0.400 e. The molecule has 0 aliphatic heterocycles. The molecule has 0 atom stereocenters. The van der Waals surface area contributed by atoms with Gasteiger partial charge in [-0.1, -0.05) is 15.9 Å². The van der Waals surface area contributed by atoms with E-state index in [4.69, 9.17) is 5.39 Å². The third kappa shape index (κ3) is 1.55. The van der Waals surface area contributed by atoms with Crippen LogP contribution < -0.4 is 0 Å². The Morgan fingerprint density at radius 2 is 2.00 bits per heavy atom. The molecule has 1 aromatic rings. The van der Waals surface area contributed by atoms with Crippen LogP contribution in [0.2, 0.25) is 0 Å². The molecule has 0 spiro atoms.